The van der Waals surface area contributed by atoms with Gasteiger partial charge in [-0.2, -0.15) is 0 Å². The van der Waals surface area contributed by atoms with Gasteiger partial charge < -0.3 is 4.57 Å². The Morgan fingerprint density at radius 2 is 1.92 bits per heavy atom. The lowest BCUT2D eigenvalue weighted by Crippen LogP contribution is -2.27. The van der Waals surface area contributed by atoms with Crippen molar-refractivity contribution in [3.63, 3.8) is 0 Å². The maximum Gasteiger partial charge on any atom is 0.127 e. The van der Waals surface area contributed by atoms with Crippen LogP contribution in [0.4, 0.5) is 4.39 Å². The predicted molar refractivity (Wildman–Crippen MR) is 108 cm³/mol. The summed E-state index contributed by atoms with van der Waals surface area (Å²) < 4.78 is 16.0. The van der Waals surface area contributed by atoms with E-state index in [2.05, 4.69) is 28.6 Å². The minimum absolute atomic E-state index is 0.0391. The van der Waals surface area contributed by atoms with Crippen LogP contribution < -0.4 is 0 Å². The van der Waals surface area contributed by atoms with Crippen molar-refractivity contribution in [2.24, 2.45) is 0 Å². The van der Waals surface area contributed by atoms with Crippen LogP contribution in [0.25, 0.3) is 0 Å². The van der Waals surface area contributed by atoms with Gasteiger partial charge in [0.1, 0.15) is 5.82 Å². The van der Waals surface area contributed by atoms with Gasteiger partial charge in [0.2, 0.25) is 0 Å². The molecule has 0 aliphatic rings. The summed E-state index contributed by atoms with van der Waals surface area (Å²) in [6.07, 6.45) is 7.54. The fourth-order valence-corrected chi connectivity index (χ4v) is 4.24. The van der Waals surface area contributed by atoms with Crippen LogP contribution >= 0.6 is 23.4 Å². The molecule has 3 aromatic rings. The number of rotatable bonds is 8. The first-order valence-corrected chi connectivity index (χ1v) is 9.98. The van der Waals surface area contributed by atoms with Crippen molar-refractivity contribution >= 4 is 23.4 Å². The van der Waals surface area contributed by atoms with Crippen LogP contribution in [0, 0.1) is 5.82 Å². The van der Waals surface area contributed by atoms with E-state index in [9.17, 15) is 4.39 Å². The van der Waals surface area contributed by atoms with E-state index >= 15 is 0 Å². The van der Waals surface area contributed by atoms with E-state index in [1.165, 1.54) is 11.6 Å². The molecule has 1 atom stereocenters. The Balaban J connectivity index is 1.70. The second-order valence-electron chi connectivity index (χ2n) is 6.69. The average molecular weight is 389 g/mol. The van der Waals surface area contributed by atoms with Gasteiger partial charge in [0.25, 0.3) is 0 Å². The second kappa shape index (κ2) is 8.74. The Bertz CT molecular complexity index is 820. The Morgan fingerprint density at radius 3 is 2.62 bits per heavy atom. The number of halogens is 2. The van der Waals surface area contributed by atoms with Crippen molar-refractivity contribution in [2.45, 2.75) is 36.8 Å². The van der Waals surface area contributed by atoms with E-state index in [1.54, 1.807) is 24.0 Å². The van der Waals surface area contributed by atoms with Gasteiger partial charge in [0.15, 0.2) is 0 Å². The third-order valence-corrected chi connectivity index (χ3v) is 6.20. The van der Waals surface area contributed by atoms with Gasteiger partial charge in [0.05, 0.1) is 6.33 Å². The highest BCUT2D eigenvalue weighted by Crippen LogP contribution is 2.35. The van der Waals surface area contributed by atoms with Gasteiger partial charge in [-0.15, -0.1) is 11.8 Å². The molecule has 0 radical (unpaired) electrons. The summed E-state index contributed by atoms with van der Waals surface area (Å²) >= 11 is 7.78. The zero-order chi connectivity index (χ0) is 18.4. The van der Waals surface area contributed by atoms with Gasteiger partial charge >= 0.3 is 0 Å². The molecule has 0 aliphatic carbocycles. The Hall–Kier alpha value is -1.78. The summed E-state index contributed by atoms with van der Waals surface area (Å²) in [5.74, 6) is 0.515. The molecule has 3 rings (SSSR count). The van der Waals surface area contributed by atoms with Crippen LogP contribution in [0.1, 0.15) is 24.5 Å². The van der Waals surface area contributed by atoms with Gasteiger partial charge in [0, 0.05) is 34.5 Å². The average Bonchev–Trinajstić information content (AvgIpc) is 3.13. The van der Waals surface area contributed by atoms with E-state index in [0.29, 0.717) is 5.75 Å². The Morgan fingerprint density at radius 1 is 1.15 bits per heavy atom. The van der Waals surface area contributed by atoms with Crippen LogP contribution in [-0.2, 0) is 18.7 Å². The van der Waals surface area contributed by atoms with Crippen LogP contribution in [0.5, 0.6) is 0 Å². The first kappa shape index (κ1) is 19.0. The molecular weight excluding hydrogens is 367 g/mol. The molecule has 1 heterocycles. The third-order valence-electron chi connectivity index (χ3n) is 4.47. The molecule has 2 nitrogen and oxygen atoms in total. The zero-order valence-corrected chi connectivity index (χ0v) is 16.3. The molecule has 0 saturated carbocycles. The lowest BCUT2D eigenvalue weighted by molar-refractivity contribution is 0.495. The van der Waals surface area contributed by atoms with E-state index in [4.69, 9.17) is 11.6 Å². The number of benzene rings is 2. The van der Waals surface area contributed by atoms with Crippen molar-refractivity contribution in [3.05, 3.63) is 89.2 Å². The highest BCUT2D eigenvalue weighted by atomic mass is 35.5. The van der Waals surface area contributed by atoms with Gasteiger partial charge in [-0.1, -0.05) is 41.9 Å². The summed E-state index contributed by atoms with van der Waals surface area (Å²) in [4.78, 5) is 4.15. The third kappa shape index (κ3) is 5.36. The Labute approximate surface area is 163 Å². The maximum atomic E-state index is 14.0. The molecule has 0 bridgehead atoms. The summed E-state index contributed by atoms with van der Waals surface area (Å²) in [6, 6.07) is 15.0. The number of imidazole rings is 1. The zero-order valence-electron chi connectivity index (χ0n) is 14.7. The van der Waals surface area contributed by atoms with E-state index in [1.807, 2.05) is 36.8 Å². The van der Waals surface area contributed by atoms with Gasteiger partial charge in [-0.05, 0) is 49.1 Å². The van der Waals surface area contributed by atoms with Crippen molar-refractivity contribution in [3.8, 4) is 0 Å². The highest BCUT2D eigenvalue weighted by molar-refractivity contribution is 7.99. The molecule has 0 spiro atoms. The molecule has 0 amide bonds. The van der Waals surface area contributed by atoms with Crippen molar-refractivity contribution in [2.75, 3.05) is 0 Å². The first-order valence-electron chi connectivity index (χ1n) is 8.62. The summed E-state index contributed by atoms with van der Waals surface area (Å²) in [7, 11) is 0. The normalized spacial score (nSPS) is 13.5. The van der Waals surface area contributed by atoms with E-state index in [0.717, 1.165) is 30.0 Å². The fourth-order valence-electron chi connectivity index (χ4n) is 2.89. The molecule has 2 aromatic carbocycles. The smallest absolute Gasteiger partial charge is 0.127 e. The summed E-state index contributed by atoms with van der Waals surface area (Å²) in [5.41, 5.74) is 2.01. The molecular formula is C21H22ClFN2S. The molecule has 0 aliphatic heterocycles. The van der Waals surface area contributed by atoms with Crippen molar-refractivity contribution in [1.29, 1.82) is 0 Å². The molecule has 136 valence electrons. The maximum absolute atomic E-state index is 14.0. The molecule has 26 heavy (non-hydrogen) atoms. The molecule has 0 saturated heterocycles. The minimum Gasteiger partial charge on any atom is -0.336 e. The van der Waals surface area contributed by atoms with Crippen LogP contribution in [0.15, 0.2) is 67.3 Å². The largest absolute Gasteiger partial charge is 0.336 e. The number of aromatic nitrogens is 2. The standard InChI is InChI=1S/C21H22ClFN2S/c1-21(15-25-13-12-24-16-25,11-10-17-6-8-19(22)9-7-17)26-14-18-4-2-3-5-20(18)23/h2-9,12-13,16H,10-11,14-15H2,1H3. The van der Waals surface area contributed by atoms with Crippen LogP contribution in [-0.4, -0.2) is 14.3 Å². The monoisotopic (exact) mass is 388 g/mol. The second-order valence-corrected chi connectivity index (χ2v) is 8.69. The number of hydrogen-bond acceptors (Lipinski definition) is 2. The summed E-state index contributed by atoms with van der Waals surface area (Å²) in [5, 5.41) is 0.754. The lowest BCUT2D eigenvalue weighted by Gasteiger charge is -2.30. The van der Waals surface area contributed by atoms with Crippen LogP contribution in [0.2, 0.25) is 5.02 Å². The highest BCUT2D eigenvalue weighted by Gasteiger charge is 2.26. The number of hydrogen-bond donors (Lipinski definition) is 0. The van der Waals surface area contributed by atoms with E-state index < -0.39 is 0 Å². The molecule has 1 aromatic heterocycles. The van der Waals surface area contributed by atoms with Gasteiger partial charge in [-0.25, -0.2) is 9.37 Å². The number of nitrogens with zero attached hydrogens (tertiary/aromatic N) is 2. The first-order chi connectivity index (χ1) is 12.5. The fraction of sp³-hybridized carbons (Fsp3) is 0.286. The lowest BCUT2D eigenvalue weighted by atomic mass is 10.00. The van der Waals surface area contributed by atoms with Crippen molar-refractivity contribution < 1.29 is 4.39 Å². The SMILES string of the molecule is CC(CCc1ccc(Cl)cc1)(Cn1ccnc1)SCc1ccccc1F. The quantitative estimate of drug-likeness (QED) is 0.471. The topological polar surface area (TPSA) is 17.8 Å². The Kier molecular flexibility index (Phi) is 6.38. The van der Waals surface area contributed by atoms with Gasteiger partial charge in [-0.3, -0.25) is 0 Å². The van der Waals surface area contributed by atoms with Crippen LogP contribution in [0.3, 0.4) is 0 Å². The predicted octanol–water partition coefficient (Wildman–Crippen LogP) is 6.00. The summed E-state index contributed by atoms with van der Waals surface area (Å²) in [6.45, 7) is 3.08. The molecule has 0 fully saturated rings. The molecule has 5 heteroatoms. The van der Waals surface area contributed by atoms with E-state index in [-0.39, 0.29) is 10.6 Å². The number of thioether (sulfide) groups is 1. The van der Waals surface area contributed by atoms with Crippen molar-refractivity contribution in [1.82, 2.24) is 9.55 Å². The number of aryl methyl sites for hydroxylation is 1. The molecule has 0 N–H and O–H groups in total. The molecule has 1 unspecified atom stereocenters. The minimum atomic E-state index is -0.136.